The summed E-state index contributed by atoms with van der Waals surface area (Å²) in [5.74, 6) is -4.24. The lowest BCUT2D eigenvalue weighted by molar-refractivity contribution is -0.139. The van der Waals surface area contributed by atoms with Gasteiger partial charge in [-0.1, -0.05) is 40.9 Å². The Morgan fingerprint density at radius 3 is 2.11 bits per heavy atom. The molecule has 1 amide bonds. The van der Waals surface area contributed by atoms with E-state index in [1.165, 1.54) is 6.07 Å². The van der Waals surface area contributed by atoms with Crippen molar-refractivity contribution in [1.82, 2.24) is 0 Å². The summed E-state index contributed by atoms with van der Waals surface area (Å²) in [5.41, 5.74) is 4.65. The molecule has 0 aliphatic rings. The van der Waals surface area contributed by atoms with Crippen LogP contribution in [-0.4, -0.2) is 12.1 Å². The second-order valence-electron chi connectivity index (χ2n) is 5.39. The van der Waals surface area contributed by atoms with Crippen molar-refractivity contribution in [3.63, 3.8) is 0 Å². The molecule has 2 nitrogen and oxygen atoms in total. The molecule has 0 saturated carbocycles. The summed E-state index contributed by atoms with van der Waals surface area (Å²) >= 11 is 20.4. The third-order valence-corrected chi connectivity index (χ3v) is 5.39. The van der Waals surface area contributed by atoms with Gasteiger partial charge in [-0.2, -0.15) is 13.2 Å². The van der Waals surface area contributed by atoms with Crippen molar-refractivity contribution in [2.45, 2.75) is 12.1 Å². The van der Waals surface area contributed by atoms with Crippen LogP contribution in [0.15, 0.2) is 40.9 Å². The summed E-state index contributed by atoms with van der Waals surface area (Å²) in [6.45, 7) is 0. The summed E-state index contributed by atoms with van der Waals surface area (Å²) < 4.78 is 55.2. The number of nitrogens with two attached hydrogens (primary N) is 1. The van der Waals surface area contributed by atoms with Crippen LogP contribution in [0.3, 0.4) is 0 Å². The fourth-order valence-corrected chi connectivity index (χ4v) is 3.43. The van der Waals surface area contributed by atoms with Gasteiger partial charge in [0.2, 0.25) is 5.91 Å². The summed E-state index contributed by atoms with van der Waals surface area (Å²) in [7, 11) is 0. The zero-order valence-corrected chi connectivity index (χ0v) is 16.9. The molecule has 0 heterocycles. The molecule has 0 aromatic heterocycles. The predicted octanol–water partition coefficient (Wildman–Crippen LogP) is 7.16. The van der Waals surface area contributed by atoms with Crippen molar-refractivity contribution in [3.05, 3.63) is 72.6 Å². The molecule has 2 N–H and O–H groups in total. The van der Waals surface area contributed by atoms with Crippen LogP contribution in [0.5, 0.6) is 0 Å². The second-order valence-corrected chi connectivity index (χ2v) is 7.44. The van der Waals surface area contributed by atoms with Gasteiger partial charge >= 0.3 is 6.18 Å². The molecule has 1 atom stereocenters. The van der Waals surface area contributed by atoms with Gasteiger partial charge in [-0.3, -0.25) is 4.79 Å². The minimum atomic E-state index is -4.82. The summed E-state index contributed by atoms with van der Waals surface area (Å²) in [6.07, 6.45) is -4.43. The van der Waals surface area contributed by atoms with Gasteiger partial charge in [0, 0.05) is 10.0 Å². The van der Waals surface area contributed by atoms with E-state index in [2.05, 4.69) is 15.9 Å². The monoisotopic (exact) mass is 503 g/mol. The van der Waals surface area contributed by atoms with Crippen LogP contribution in [0.4, 0.5) is 17.6 Å². The van der Waals surface area contributed by atoms with Gasteiger partial charge in [-0.05, 0) is 51.8 Å². The number of hydrogen-bond donors (Lipinski definition) is 1. The summed E-state index contributed by atoms with van der Waals surface area (Å²) in [5, 5.41) is -0.468. The molecule has 0 bridgehead atoms. The molecule has 0 aliphatic carbocycles. The van der Waals surface area contributed by atoms with E-state index in [0.717, 1.165) is 24.3 Å². The molecule has 0 fully saturated rings. The number of amides is 1. The zero-order valence-electron chi connectivity index (χ0n) is 13.1. The van der Waals surface area contributed by atoms with E-state index in [1.807, 2.05) is 0 Å². The third kappa shape index (κ3) is 5.16. The Hall–Kier alpha value is -1.28. The van der Waals surface area contributed by atoms with Crippen molar-refractivity contribution in [3.8, 4) is 0 Å². The van der Waals surface area contributed by atoms with Crippen LogP contribution in [0.2, 0.25) is 15.1 Å². The van der Waals surface area contributed by atoms with Crippen molar-refractivity contribution < 1.29 is 22.4 Å². The predicted molar refractivity (Wildman–Crippen MR) is 102 cm³/mol. The Bertz CT molecular complexity index is 908. The van der Waals surface area contributed by atoms with E-state index in [0.29, 0.717) is 6.08 Å². The van der Waals surface area contributed by atoms with E-state index in [1.54, 1.807) is 0 Å². The third-order valence-electron chi connectivity index (χ3n) is 3.54. The maximum absolute atomic E-state index is 14.5. The van der Waals surface area contributed by atoms with Gasteiger partial charge in [-0.25, -0.2) is 4.39 Å². The van der Waals surface area contributed by atoms with E-state index >= 15 is 0 Å². The maximum Gasteiger partial charge on any atom is 0.399 e. The Morgan fingerprint density at radius 2 is 1.67 bits per heavy atom. The molecule has 2 rings (SSSR count). The topological polar surface area (TPSA) is 43.1 Å². The van der Waals surface area contributed by atoms with Crippen LogP contribution in [0.25, 0.3) is 5.83 Å². The molecule has 0 radical (unpaired) electrons. The molecule has 0 aliphatic heterocycles. The van der Waals surface area contributed by atoms with Gasteiger partial charge in [0.15, 0.2) is 0 Å². The normalized spacial score (nSPS) is 13.6. The average molecular weight is 506 g/mol. The van der Waals surface area contributed by atoms with E-state index in [4.69, 9.17) is 40.5 Å². The number of carbonyl (C=O) groups excluding carboxylic acids is 1. The van der Waals surface area contributed by atoms with Gasteiger partial charge < -0.3 is 5.73 Å². The lowest BCUT2D eigenvalue weighted by atomic mass is 9.96. The first-order chi connectivity index (χ1) is 12.4. The molecule has 1 unspecified atom stereocenters. The zero-order chi connectivity index (χ0) is 20.5. The van der Waals surface area contributed by atoms with Gasteiger partial charge in [0.1, 0.15) is 11.7 Å². The molecule has 0 spiro atoms. The molecule has 10 heteroatoms. The maximum atomic E-state index is 14.5. The molecular formula is C17H9BrCl3F4NO. The first kappa shape index (κ1) is 22.0. The molecule has 27 heavy (non-hydrogen) atoms. The average Bonchev–Trinajstić information content (AvgIpc) is 2.55. The highest BCUT2D eigenvalue weighted by Gasteiger charge is 2.40. The largest absolute Gasteiger partial charge is 0.399 e. The number of rotatable bonds is 4. The number of primary amides is 1. The first-order valence-electron chi connectivity index (χ1n) is 7.10. The Kier molecular flexibility index (Phi) is 6.84. The van der Waals surface area contributed by atoms with Gasteiger partial charge in [0.05, 0.1) is 20.6 Å². The number of hydrogen-bond acceptors (Lipinski definition) is 1. The highest BCUT2D eigenvalue weighted by atomic mass is 79.9. The molecule has 2 aromatic carbocycles. The quantitative estimate of drug-likeness (QED) is 0.348. The minimum absolute atomic E-state index is 0.0650. The fourth-order valence-electron chi connectivity index (χ4n) is 2.24. The number of carbonyl (C=O) groups is 1. The van der Waals surface area contributed by atoms with Crippen molar-refractivity contribution in [1.29, 1.82) is 0 Å². The van der Waals surface area contributed by atoms with Crippen molar-refractivity contribution in [2.75, 3.05) is 0 Å². The van der Waals surface area contributed by atoms with Crippen LogP contribution < -0.4 is 5.73 Å². The smallest absolute Gasteiger partial charge is 0.366 e. The van der Waals surface area contributed by atoms with E-state index in [9.17, 15) is 22.4 Å². The summed E-state index contributed by atoms with van der Waals surface area (Å²) in [6, 6.07) is 5.45. The SMILES string of the molecule is NC(=O)c1ccc(/C(F)=C/C(c2cc(Cl)c(Cl)c(Cl)c2)C(F)(F)F)cc1Br. The lowest BCUT2D eigenvalue weighted by Gasteiger charge is -2.19. The van der Waals surface area contributed by atoms with Crippen molar-refractivity contribution >= 4 is 62.5 Å². The van der Waals surface area contributed by atoms with E-state index < -0.39 is 23.8 Å². The number of halogens is 8. The Balaban J connectivity index is 2.53. The number of benzene rings is 2. The van der Waals surface area contributed by atoms with E-state index in [-0.39, 0.29) is 36.2 Å². The number of alkyl halides is 3. The Labute approximate surface area is 175 Å². The number of allylic oxidation sites excluding steroid dienone is 1. The molecule has 2 aromatic rings. The minimum Gasteiger partial charge on any atom is -0.366 e. The summed E-state index contributed by atoms with van der Waals surface area (Å²) in [4.78, 5) is 11.2. The van der Waals surface area contributed by atoms with Gasteiger partial charge in [-0.15, -0.1) is 0 Å². The molecule has 144 valence electrons. The second kappa shape index (κ2) is 8.39. The standard InChI is InChI=1S/C17H9BrCl3F4NO/c18-11-3-7(1-2-9(11)16(26)27)14(22)6-10(17(23,24)25)8-4-12(19)15(21)13(20)5-8/h1-6,10H,(H2,26,27)/b14-6-. The molecule has 0 saturated heterocycles. The van der Waals surface area contributed by atoms with Crippen LogP contribution in [0, 0.1) is 0 Å². The fraction of sp³-hybridized carbons (Fsp3) is 0.118. The van der Waals surface area contributed by atoms with Crippen molar-refractivity contribution in [2.24, 2.45) is 5.73 Å². The first-order valence-corrected chi connectivity index (χ1v) is 9.02. The van der Waals surface area contributed by atoms with Gasteiger partial charge in [0.25, 0.3) is 0 Å². The van der Waals surface area contributed by atoms with Crippen LogP contribution in [-0.2, 0) is 0 Å². The van der Waals surface area contributed by atoms with Crippen LogP contribution >= 0.6 is 50.7 Å². The Morgan fingerprint density at radius 1 is 1.11 bits per heavy atom. The lowest BCUT2D eigenvalue weighted by Crippen LogP contribution is -2.19. The molecular weight excluding hydrogens is 496 g/mol. The van der Waals surface area contributed by atoms with Crippen LogP contribution in [0.1, 0.15) is 27.4 Å². The highest BCUT2D eigenvalue weighted by molar-refractivity contribution is 9.10. The highest BCUT2D eigenvalue weighted by Crippen LogP contribution is 2.42.